The van der Waals surface area contributed by atoms with Gasteiger partial charge in [-0.25, -0.2) is 0 Å². The van der Waals surface area contributed by atoms with Crippen molar-refractivity contribution in [3.05, 3.63) is 0 Å². The van der Waals surface area contributed by atoms with Crippen LogP contribution in [0.3, 0.4) is 0 Å². The molecule has 0 aromatic carbocycles. The van der Waals surface area contributed by atoms with Crippen molar-refractivity contribution in [1.29, 1.82) is 0 Å². The fourth-order valence-corrected chi connectivity index (χ4v) is 2.18. The molecule has 100 valence electrons. The Balaban J connectivity index is 2.38. The highest BCUT2D eigenvalue weighted by molar-refractivity contribution is 5.79. The third kappa shape index (κ3) is 4.64. The molecule has 0 aliphatic heterocycles. The molecule has 0 spiro atoms. The van der Waals surface area contributed by atoms with Gasteiger partial charge in [0.25, 0.3) is 0 Å². The minimum Gasteiger partial charge on any atom is -0.388 e. The van der Waals surface area contributed by atoms with E-state index in [1.54, 1.807) is 0 Å². The van der Waals surface area contributed by atoms with E-state index in [1.807, 2.05) is 0 Å². The lowest BCUT2D eigenvalue weighted by Gasteiger charge is -2.37. The summed E-state index contributed by atoms with van der Waals surface area (Å²) in [6, 6.07) is 0. The van der Waals surface area contributed by atoms with Gasteiger partial charge in [-0.05, 0) is 31.1 Å². The van der Waals surface area contributed by atoms with E-state index in [9.17, 15) is 9.90 Å². The molecule has 1 fully saturated rings. The van der Waals surface area contributed by atoms with Gasteiger partial charge in [0.05, 0.1) is 11.5 Å². The zero-order chi connectivity index (χ0) is 13.1. The van der Waals surface area contributed by atoms with Crippen LogP contribution in [0.25, 0.3) is 0 Å². The van der Waals surface area contributed by atoms with Crippen molar-refractivity contribution in [3.8, 4) is 0 Å². The first-order valence-electron chi connectivity index (χ1n) is 6.46. The summed E-state index contributed by atoms with van der Waals surface area (Å²) in [5.41, 5.74) is 5.08. The summed E-state index contributed by atoms with van der Waals surface area (Å²) in [6.45, 7) is 7.03. The van der Waals surface area contributed by atoms with Gasteiger partial charge < -0.3 is 16.2 Å². The third-order valence-corrected chi connectivity index (χ3v) is 3.39. The second-order valence-electron chi connectivity index (χ2n) is 6.49. The van der Waals surface area contributed by atoms with Gasteiger partial charge in [0.2, 0.25) is 5.91 Å². The van der Waals surface area contributed by atoms with Crippen molar-refractivity contribution < 1.29 is 9.90 Å². The number of carbonyl (C=O) groups excluding carboxylic acids is 1. The SMILES string of the molecule is CC(C)(C)CC(CN)C(=O)NCC1(O)CCC1. The van der Waals surface area contributed by atoms with Crippen LogP contribution >= 0.6 is 0 Å². The van der Waals surface area contributed by atoms with Gasteiger partial charge in [0.15, 0.2) is 0 Å². The molecule has 0 bridgehead atoms. The first-order valence-corrected chi connectivity index (χ1v) is 6.46. The van der Waals surface area contributed by atoms with Crippen LogP contribution < -0.4 is 11.1 Å². The molecule has 0 radical (unpaired) electrons. The zero-order valence-electron chi connectivity index (χ0n) is 11.3. The lowest BCUT2D eigenvalue weighted by Crippen LogP contribution is -2.49. The molecule has 1 rings (SSSR count). The molecular formula is C13H26N2O2. The molecule has 17 heavy (non-hydrogen) atoms. The fourth-order valence-electron chi connectivity index (χ4n) is 2.18. The highest BCUT2D eigenvalue weighted by Gasteiger charge is 2.35. The molecule has 4 heteroatoms. The predicted molar refractivity (Wildman–Crippen MR) is 68.4 cm³/mol. The lowest BCUT2D eigenvalue weighted by atomic mass is 9.80. The normalized spacial score (nSPS) is 20.5. The summed E-state index contributed by atoms with van der Waals surface area (Å²) in [7, 11) is 0. The summed E-state index contributed by atoms with van der Waals surface area (Å²) >= 11 is 0. The molecule has 4 N–H and O–H groups in total. The largest absolute Gasteiger partial charge is 0.388 e. The maximum absolute atomic E-state index is 11.9. The molecule has 4 nitrogen and oxygen atoms in total. The molecule has 0 aromatic heterocycles. The van der Waals surface area contributed by atoms with Crippen LogP contribution in [-0.2, 0) is 4.79 Å². The van der Waals surface area contributed by atoms with E-state index in [4.69, 9.17) is 5.73 Å². The quantitative estimate of drug-likeness (QED) is 0.674. The molecule has 1 amide bonds. The Hall–Kier alpha value is -0.610. The molecule has 1 aliphatic rings. The Labute approximate surface area is 104 Å². The van der Waals surface area contributed by atoms with Crippen LogP contribution in [-0.4, -0.2) is 29.7 Å². The number of hydrogen-bond donors (Lipinski definition) is 3. The number of carbonyl (C=O) groups is 1. The zero-order valence-corrected chi connectivity index (χ0v) is 11.3. The Morgan fingerprint density at radius 3 is 2.41 bits per heavy atom. The van der Waals surface area contributed by atoms with Gasteiger partial charge >= 0.3 is 0 Å². The summed E-state index contributed by atoms with van der Waals surface area (Å²) in [6.07, 6.45) is 3.40. The molecular weight excluding hydrogens is 216 g/mol. The number of aliphatic hydroxyl groups is 1. The monoisotopic (exact) mass is 242 g/mol. The van der Waals surface area contributed by atoms with Crippen molar-refractivity contribution in [1.82, 2.24) is 5.32 Å². The Kier molecular flexibility index (Phi) is 4.55. The molecule has 1 unspecified atom stereocenters. The number of amides is 1. The highest BCUT2D eigenvalue weighted by atomic mass is 16.3. The van der Waals surface area contributed by atoms with Crippen molar-refractivity contribution in [2.45, 2.75) is 52.1 Å². The molecule has 1 atom stereocenters. The first-order chi connectivity index (χ1) is 7.76. The molecule has 0 aromatic rings. The second kappa shape index (κ2) is 5.36. The predicted octanol–water partition coefficient (Wildman–Crippen LogP) is 1.03. The van der Waals surface area contributed by atoms with E-state index in [2.05, 4.69) is 26.1 Å². The number of hydrogen-bond acceptors (Lipinski definition) is 3. The van der Waals surface area contributed by atoms with Gasteiger partial charge in [-0.2, -0.15) is 0 Å². The molecule has 0 saturated heterocycles. The summed E-state index contributed by atoms with van der Waals surface area (Å²) in [4.78, 5) is 11.9. The average Bonchev–Trinajstić information content (AvgIpc) is 2.18. The van der Waals surface area contributed by atoms with Crippen LogP contribution in [0.1, 0.15) is 46.5 Å². The van der Waals surface area contributed by atoms with E-state index < -0.39 is 5.60 Å². The van der Waals surface area contributed by atoms with Crippen molar-refractivity contribution >= 4 is 5.91 Å². The topological polar surface area (TPSA) is 75.4 Å². The summed E-state index contributed by atoms with van der Waals surface area (Å²) in [5.74, 6) is -0.179. The number of nitrogens with one attached hydrogen (secondary N) is 1. The standard InChI is InChI=1S/C13H26N2O2/c1-12(2,3)7-10(8-14)11(16)15-9-13(17)5-4-6-13/h10,17H,4-9,14H2,1-3H3,(H,15,16). The van der Waals surface area contributed by atoms with Crippen LogP contribution in [0.5, 0.6) is 0 Å². The molecule has 1 aliphatic carbocycles. The maximum atomic E-state index is 11.9. The molecule has 1 saturated carbocycles. The maximum Gasteiger partial charge on any atom is 0.224 e. The van der Waals surface area contributed by atoms with E-state index in [0.29, 0.717) is 13.1 Å². The lowest BCUT2D eigenvalue weighted by molar-refractivity contribution is -0.128. The van der Waals surface area contributed by atoms with Crippen molar-refractivity contribution in [3.63, 3.8) is 0 Å². The smallest absolute Gasteiger partial charge is 0.224 e. The minimum atomic E-state index is -0.656. The fraction of sp³-hybridized carbons (Fsp3) is 0.923. The number of nitrogens with two attached hydrogens (primary N) is 1. The van der Waals surface area contributed by atoms with Crippen LogP contribution in [0, 0.1) is 11.3 Å². The van der Waals surface area contributed by atoms with Gasteiger partial charge in [-0.1, -0.05) is 20.8 Å². The Morgan fingerprint density at radius 1 is 1.47 bits per heavy atom. The van der Waals surface area contributed by atoms with E-state index in [-0.39, 0.29) is 17.2 Å². The highest BCUT2D eigenvalue weighted by Crippen LogP contribution is 2.31. The van der Waals surface area contributed by atoms with Crippen molar-refractivity contribution in [2.24, 2.45) is 17.1 Å². The van der Waals surface area contributed by atoms with Crippen molar-refractivity contribution in [2.75, 3.05) is 13.1 Å². The van der Waals surface area contributed by atoms with E-state index in [0.717, 1.165) is 25.7 Å². The van der Waals surface area contributed by atoms with E-state index >= 15 is 0 Å². The van der Waals surface area contributed by atoms with Crippen LogP contribution in [0.2, 0.25) is 0 Å². The van der Waals surface area contributed by atoms with Gasteiger partial charge in [0, 0.05) is 13.1 Å². The van der Waals surface area contributed by atoms with Crippen LogP contribution in [0.4, 0.5) is 0 Å². The third-order valence-electron chi connectivity index (χ3n) is 3.39. The number of rotatable bonds is 5. The minimum absolute atomic E-state index is 0.0252. The van der Waals surface area contributed by atoms with Crippen LogP contribution in [0.15, 0.2) is 0 Å². The second-order valence-corrected chi connectivity index (χ2v) is 6.49. The summed E-state index contributed by atoms with van der Waals surface area (Å²) in [5, 5.41) is 12.7. The molecule has 0 heterocycles. The van der Waals surface area contributed by atoms with E-state index in [1.165, 1.54) is 0 Å². The average molecular weight is 242 g/mol. The first kappa shape index (κ1) is 14.5. The summed E-state index contributed by atoms with van der Waals surface area (Å²) < 4.78 is 0. The Bertz CT molecular complexity index is 267. The van der Waals surface area contributed by atoms with Gasteiger partial charge in [-0.15, -0.1) is 0 Å². The Morgan fingerprint density at radius 2 is 2.06 bits per heavy atom. The van der Waals surface area contributed by atoms with Gasteiger partial charge in [0.1, 0.15) is 0 Å². The van der Waals surface area contributed by atoms with Gasteiger partial charge in [-0.3, -0.25) is 4.79 Å².